The highest BCUT2D eigenvalue weighted by Gasteiger charge is 2.29. The van der Waals surface area contributed by atoms with Gasteiger partial charge in [-0.05, 0) is 267 Å². The van der Waals surface area contributed by atoms with Crippen LogP contribution in [-0.2, 0) is 0 Å². The average molecular weight is 991 g/mol. The number of rotatable bonds is 20. The molecular weight excluding hydrogens is 921 g/mol. The van der Waals surface area contributed by atoms with Crippen LogP contribution in [0.1, 0.15) is 101 Å². The molecule has 0 aromatic heterocycles. The van der Waals surface area contributed by atoms with E-state index in [-0.39, 0.29) is 30.5 Å². The van der Waals surface area contributed by atoms with Crippen molar-refractivity contribution in [1.29, 1.82) is 0 Å². The van der Waals surface area contributed by atoms with E-state index in [9.17, 15) is 0 Å². The lowest BCUT2D eigenvalue weighted by Gasteiger charge is -2.18. The smallest absolute Gasteiger partial charge is 0.119 e. The van der Waals surface area contributed by atoms with Crippen LogP contribution in [-0.4, -0.2) is 30.5 Å². The molecule has 0 unspecified atom stereocenters. The van der Waals surface area contributed by atoms with Gasteiger partial charge in [0.1, 0.15) is 28.7 Å². The first-order chi connectivity index (χ1) is 36.5. The van der Waals surface area contributed by atoms with Crippen molar-refractivity contribution in [2.45, 2.75) is 132 Å². The van der Waals surface area contributed by atoms with Gasteiger partial charge in [-0.2, -0.15) is 0 Å². The molecule has 0 spiro atoms. The van der Waals surface area contributed by atoms with Crippen LogP contribution < -0.4 is 23.7 Å². The summed E-state index contributed by atoms with van der Waals surface area (Å²) < 4.78 is 31.8. The van der Waals surface area contributed by atoms with Gasteiger partial charge >= 0.3 is 0 Å². The SMILES string of the molecule is CC[C@@H](C)Oc1ccc(-c2cc3c(-c4ccc(O[C@H](C)CC)cc4)cc4c(-c5ccc(O[C@H](C)CC)cc5)cc5c(-c6ccc(O[C@H](C)CC)cc6)cc6c(-c7ccc(O[C@H](C)CC)cc7)cc2c2c6c5c4c32)cc1. The lowest BCUT2D eigenvalue weighted by Crippen LogP contribution is -2.09. The second-order valence-corrected chi connectivity index (χ2v) is 21.0. The molecule has 0 radical (unpaired) electrons. The summed E-state index contributed by atoms with van der Waals surface area (Å²) >= 11 is 0. The lowest BCUT2D eigenvalue weighted by atomic mass is 9.86. The second-order valence-electron chi connectivity index (χ2n) is 21.0. The third-order valence-electron chi connectivity index (χ3n) is 15.9. The molecule has 5 nitrogen and oxygen atoms in total. The molecule has 0 amide bonds. The normalized spacial score (nSPS) is 14.0. The molecule has 380 valence electrons. The first kappa shape index (κ1) is 49.7. The standard InChI is InChI=1S/C70H70O5/c1-11-41(6)71-51-26-16-46(17-27-51)56-36-62-58(48-20-30-53(31-21-48)73-43(8)13-3)38-64-60(50-24-34-55(35-25-50)75-45(10)15-5)40-65-59(49-22-32-54(33-23-49)74-44(9)14-4)39-63-57(47-18-28-52(29-19-47)72-42(7)12-2)37-61(56)66-67(62)69(64)70(65)68(63)66/h16-45H,11-15H2,1-10H3/t41-,42-,43-,44-,45-/m1/s1. The zero-order chi connectivity index (χ0) is 52.1. The second kappa shape index (κ2) is 20.7. The van der Waals surface area contributed by atoms with E-state index in [1.807, 2.05) is 0 Å². The highest BCUT2D eigenvalue weighted by molar-refractivity contribution is 6.49. The monoisotopic (exact) mass is 991 g/mol. The topological polar surface area (TPSA) is 46.2 Å². The fourth-order valence-electron chi connectivity index (χ4n) is 10.8. The van der Waals surface area contributed by atoms with Gasteiger partial charge in [-0.15, -0.1) is 0 Å². The van der Waals surface area contributed by atoms with E-state index in [2.05, 4.69) is 221 Å². The molecule has 0 saturated heterocycles. The van der Waals surface area contributed by atoms with Gasteiger partial charge in [0.15, 0.2) is 0 Å². The zero-order valence-electron chi connectivity index (χ0n) is 45.4. The largest absolute Gasteiger partial charge is 0.491 e. The number of benzene rings is 10. The van der Waals surface area contributed by atoms with E-state index in [4.69, 9.17) is 23.7 Å². The van der Waals surface area contributed by atoms with Gasteiger partial charge in [0, 0.05) is 0 Å². The Morgan fingerprint density at radius 3 is 0.520 bits per heavy atom. The molecule has 0 saturated carbocycles. The highest BCUT2D eigenvalue weighted by atomic mass is 16.5. The van der Waals surface area contributed by atoms with Crippen molar-refractivity contribution in [3.63, 3.8) is 0 Å². The Morgan fingerprint density at radius 1 is 0.240 bits per heavy atom. The van der Waals surface area contributed by atoms with E-state index in [1.54, 1.807) is 0 Å². The third kappa shape index (κ3) is 9.30. The highest BCUT2D eigenvalue weighted by Crippen LogP contribution is 2.57. The Morgan fingerprint density at radius 2 is 0.387 bits per heavy atom. The predicted octanol–water partition coefficient (Wildman–Crippen LogP) is 20.0. The minimum Gasteiger partial charge on any atom is -0.491 e. The van der Waals surface area contributed by atoms with E-state index >= 15 is 0 Å². The molecule has 0 fully saturated rings. The quantitative estimate of drug-likeness (QED) is 0.0712. The Bertz CT molecular complexity index is 3110. The Balaban J connectivity index is 1.27. The van der Waals surface area contributed by atoms with Crippen LogP contribution in [0, 0.1) is 0 Å². The molecular formula is C70H70O5. The van der Waals surface area contributed by atoms with Gasteiger partial charge in [0.05, 0.1) is 30.5 Å². The van der Waals surface area contributed by atoms with Gasteiger partial charge in [-0.1, -0.05) is 95.3 Å². The zero-order valence-corrected chi connectivity index (χ0v) is 45.4. The maximum Gasteiger partial charge on any atom is 0.119 e. The van der Waals surface area contributed by atoms with Crippen molar-refractivity contribution in [2.75, 3.05) is 0 Å². The van der Waals surface area contributed by atoms with Gasteiger partial charge in [0.25, 0.3) is 0 Å². The molecule has 5 atom stereocenters. The fourth-order valence-corrected chi connectivity index (χ4v) is 10.8. The van der Waals surface area contributed by atoms with Crippen molar-refractivity contribution < 1.29 is 23.7 Å². The minimum absolute atomic E-state index is 0.122. The minimum atomic E-state index is 0.122. The van der Waals surface area contributed by atoms with Gasteiger partial charge < -0.3 is 23.7 Å². The number of ether oxygens (including phenoxy) is 5. The molecule has 0 aliphatic rings. The van der Waals surface area contributed by atoms with Gasteiger partial charge in [-0.3, -0.25) is 0 Å². The maximum atomic E-state index is 6.36. The van der Waals surface area contributed by atoms with Crippen molar-refractivity contribution in [3.8, 4) is 84.4 Å². The van der Waals surface area contributed by atoms with Crippen LogP contribution in [0.15, 0.2) is 152 Å². The van der Waals surface area contributed by atoms with E-state index in [0.29, 0.717) is 0 Å². The van der Waals surface area contributed by atoms with Crippen LogP contribution in [0.3, 0.4) is 0 Å². The first-order valence-corrected chi connectivity index (χ1v) is 27.7. The summed E-state index contributed by atoms with van der Waals surface area (Å²) in [5, 5.41) is 12.6. The van der Waals surface area contributed by atoms with Crippen molar-refractivity contribution in [3.05, 3.63) is 152 Å². The van der Waals surface area contributed by atoms with Gasteiger partial charge in [0.2, 0.25) is 0 Å². The summed E-state index contributed by atoms with van der Waals surface area (Å²) in [5.74, 6) is 4.39. The van der Waals surface area contributed by atoms with Crippen molar-refractivity contribution >= 4 is 53.9 Å². The Kier molecular flexibility index (Phi) is 13.7. The molecule has 11 aromatic carbocycles. The van der Waals surface area contributed by atoms with Crippen LogP contribution >= 0.6 is 0 Å². The fraction of sp³-hybridized carbons (Fsp3) is 0.286. The maximum absolute atomic E-state index is 6.36. The summed E-state index contributed by atoms with van der Waals surface area (Å²) in [4.78, 5) is 0. The molecule has 0 bridgehead atoms. The number of hydrogen-bond acceptors (Lipinski definition) is 5. The van der Waals surface area contributed by atoms with Crippen LogP contribution in [0.4, 0.5) is 0 Å². The summed E-state index contributed by atoms with van der Waals surface area (Å²) in [5.41, 5.74) is 11.6. The predicted molar refractivity (Wildman–Crippen MR) is 317 cm³/mol. The molecule has 11 rings (SSSR count). The van der Waals surface area contributed by atoms with Crippen LogP contribution in [0.25, 0.3) is 109 Å². The van der Waals surface area contributed by atoms with Crippen LogP contribution in [0.5, 0.6) is 28.7 Å². The van der Waals surface area contributed by atoms with E-state index in [1.165, 1.54) is 81.7 Å². The molecule has 0 heterocycles. The van der Waals surface area contributed by atoms with Crippen LogP contribution in [0.2, 0.25) is 0 Å². The van der Waals surface area contributed by atoms with E-state index in [0.717, 1.165) is 88.7 Å². The van der Waals surface area contributed by atoms with E-state index < -0.39 is 0 Å². The third-order valence-corrected chi connectivity index (χ3v) is 15.9. The Labute approximate surface area is 443 Å². The molecule has 0 aliphatic heterocycles. The summed E-state index contributed by atoms with van der Waals surface area (Å²) in [7, 11) is 0. The first-order valence-electron chi connectivity index (χ1n) is 27.7. The van der Waals surface area contributed by atoms with Crippen molar-refractivity contribution in [1.82, 2.24) is 0 Å². The molecule has 5 heteroatoms. The lowest BCUT2D eigenvalue weighted by molar-refractivity contribution is 0.217. The molecule has 0 N–H and O–H groups in total. The summed E-state index contributed by atoms with van der Waals surface area (Å²) in [6, 6.07) is 56.2. The van der Waals surface area contributed by atoms with Gasteiger partial charge in [-0.25, -0.2) is 0 Å². The van der Waals surface area contributed by atoms with Crippen molar-refractivity contribution in [2.24, 2.45) is 0 Å². The molecule has 11 aromatic rings. The average Bonchev–Trinajstić information content (AvgIpc) is 3.87. The molecule has 75 heavy (non-hydrogen) atoms. The molecule has 0 aliphatic carbocycles. The summed E-state index contributed by atoms with van der Waals surface area (Å²) in [6.45, 7) is 21.5. The number of hydrogen-bond donors (Lipinski definition) is 0. The Hall–Kier alpha value is -7.50. The summed E-state index contributed by atoms with van der Waals surface area (Å²) in [6.07, 6.45) is 5.30.